The van der Waals surface area contributed by atoms with Crippen molar-refractivity contribution < 1.29 is 19.4 Å². The van der Waals surface area contributed by atoms with E-state index >= 15 is 0 Å². The van der Waals surface area contributed by atoms with Crippen LogP contribution in [0.15, 0.2) is 94.8 Å². The van der Waals surface area contributed by atoms with Crippen molar-refractivity contribution in [2.45, 2.75) is 6.61 Å². The molecule has 37 heavy (non-hydrogen) atoms. The first-order valence-corrected chi connectivity index (χ1v) is 12.6. The number of ether oxygens (including phenoxy) is 1. The van der Waals surface area contributed by atoms with Gasteiger partial charge in [-0.05, 0) is 76.1 Å². The maximum Gasteiger partial charge on any atom is 0.335 e. The highest BCUT2D eigenvalue weighted by Gasteiger charge is 2.30. The number of carboxylic acids is 1. The van der Waals surface area contributed by atoms with Gasteiger partial charge in [0, 0.05) is 7.05 Å². The Labute approximate surface area is 222 Å². The highest BCUT2D eigenvalue weighted by atomic mass is 35.5. The summed E-state index contributed by atoms with van der Waals surface area (Å²) < 4.78 is 6.01. The Kier molecular flexibility index (Phi) is 6.99. The van der Waals surface area contributed by atoms with Gasteiger partial charge in [-0.2, -0.15) is 0 Å². The van der Waals surface area contributed by atoms with Gasteiger partial charge >= 0.3 is 5.97 Å². The molecular weight excluding hydrogens is 508 g/mol. The number of carbonyl (C=O) groups excluding carboxylic acids is 1. The number of nitrogens with zero attached hydrogens (tertiary/aromatic N) is 2. The summed E-state index contributed by atoms with van der Waals surface area (Å²) in [5.41, 5.74) is 2.57. The first kappa shape index (κ1) is 24.6. The maximum atomic E-state index is 12.8. The molecule has 1 aliphatic rings. The second-order valence-corrected chi connectivity index (χ2v) is 9.75. The fraction of sp³-hybridized carbons (Fsp3) is 0.0690. The van der Waals surface area contributed by atoms with Crippen LogP contribution in [0.4, 0.5) is 5.69 Å². The van der Waals surface area contributed by atoms with Crippen molar-refractivity contribution in [2.75, 3.05) is 7.05 Å². The minimum atomic E-state index is -1.00. The molecule has 0 spiro atoms. The Hall–Kier alpha value is -4.07. The standard InChI is InChI=1S/C29H21ClN2O4S/c1-32-27(33)26(37-29(32)31-22-12-10-20(11-13-22)28(34)35)16-18-9-14-25(24(30)15-18)36-17-21-7-4-6-19-5-2-3-8-23(19)21/h2-16H,17H2,1H3,(H,34,35)/b26-16-,31-29?. The minimum Gasteiger partial charge on any atom is -0.487 e. The van der Waals surface area contributed by atoms with E-state index in [0.29, 0.717) is 33.1 Å². The number of rotatable bonds is 6. The van der Waals surface area contributed by atoms with Gasteiger partial charge in [0.05, 0.1) is 21.2 Å². The van der Waals surface area contributed by atoms with Gasteiger partial charge in [-0.3, -0.25) is 9.69 Å². The van der Waals surface area contributed by atoms with Gasteiger partial charge in [0.25, 0.3) is 5.91 Å². The van der Waals surface area contributed by atoms with Crippen LogP contribution in [0.3, 0.4) is 0 Å². The van der Waals surface area contributed by atoms with Crippen molar-refractivity contribution in [3.8, 4) is 5.75 Å². The number of fused-ring (bicyclic) bond motifs is 1. The average Bonchev–Trinajstić information content (AvgIpc) is 3.16. The molecule has 0 aromatic heterocycles. The number of aliphatic imine (C=N–C) groups is 1. The van der Waals surface area contributed by atoms with Crippen LogP contribution in [0.1, 0.15) is 21.5 Å². The third-order valence-corrected chi connectivity index (χ3v) is 7.21. The van der Waals surface area contributed by atoms with Crippen molar-refractivity contribution in [3.05, 3.63) is 112 Å². The molecule has 8 heteroatoms. The van der Waals surface area contributed by atoms with Crippen LogP contribution in [-0.2, 0) is 11.4 Å². The van der Waals surface area contributed by atoms with E-state index in [2.05, 4.69) is 23.2 Å². The molecule has 0 bridgehead atoms. The SMILES string of the molecule is CN1C(=O)/C(=C/c2ccc(OCc3cccc4ccccc34)c(Cl)c2)SC1=Nc1ccc(C(=O)O)cc1. The normalized spacial score (nSPS) is 15.6. The molecule has 4 aromatic carbocycles. The Morgan fingerprint density at radius 1 is 1.05 bits per heavy atom. The highest BCUT2D eigenvalue weighted by Crippen LogP contribution is 2.35. The van der Waals surface area contributed by atoms with Crippen molar-refractivity contribution in [3.63, 3.8) is 0 Å². The number of benzene rings is 4. The fourth-order valence-corrected chi connectivity index (χ4v) is 5.12. The topological polar surface area (TPSA) is 79.2 Å². The Morgan fingerprint density at radius 3 is 2.57 bits per heavy atom. The smallest absolute Gasteiger partial charge is 0.335 e. The van der Waals surface area contributed by atoms with E-state index in [1.807, 2.05) is 30.3 Å². The summed E-state index contributed by atoms with van der Waals surface area (Å²) in [6.45, 7) is 0.383. The van der Waals surface area contributed by atoms with Crippen LogP contribution in [-0.4, -0.2) is 34.1 Å². The lowest BCUT2D eigenvalue weighted by Gasteiger charge is -2.11. The zero-order chi connectivity index (χ0) is 25.9. The summed E-state index contributed by atoms with van der Waals surface area (Å²) in [7, 11) is 1.65. The molecule has 0 atom stereocenters. The Balaban J connectivity index is 1.31. The van der Waals surface area contributed by atoms with Gasteiger partial charge in [-0.1, -0.05) is 60.1 Å². The average molecular weight is 529 g/mol. The molecule has 1 heterocycles. The molecule has 184 valence electrons. The highest BCUT2D eigenvalue weighted by molar-refractivity contribution is 8.18. The molecule has 1 N–H and O–H groups in total. The summed E-state index contributed by atoms with van der Waals surface area (Å²) >= 11 is 7.76. The zero-order valence-corrected chi connectivity index (χ0v) is 21.3. The van der Waals surface area contributed by atoms with Gasteiger partial charge in [0.2, 0.25) is 0 Å². The van der Waals surface area contributed by atoms with E-state index in [-0.39, 0.29) is 11.5 Å². The van der Waals surface area contributed by atoms with Gasteiger partial charge in [-0.15, -0.1) is 0 Å². The number of carboxylic acid groups (broad SMARTS) is 1. The van der Waals surface area contributed by atoms with Crippen LogP contribution in [0.25, 0.3) is 16.8 Å². The molecule has 1 fully saturated rings. The van der Waals surface area contributed by atoms with E-state index < -0.39 is 5.97 Å². The molecule has 6 nitrogen and oxygen atoms in total. The molecule has 1 saturated heterocycles. The van der Waals surface area contributed by atoms with Crippen molar-refractivity contribution in [1.29, 1.82) is 0 Å². The monoisotopic (exact) mass is 528 g/mol. The van der Waals surface area contributed by atoms with Gasteiger partial charge in [0.15, 0.2) is 5.17 Å². The molecule has 1 aliphatic heterocycles. The van der Waals surface area contributed by atoms with E-state index in [4.69, 9.17) is 21.4 Å². The lowest BCUT2D eigenvalue weighted by atomic mass is 10.1. The number of aromatic carboxylic acids is 1. The summed E-state index contributed by atoms with van der Waals surface area (Å²) in [5, 5.41) is 12.3. The van der Waals surface area contributed by atoms with E-state index in [1.165, 1.54) is 28.8 Å². The predicted octanol–water partition coefficient (Wildman–Crippen LogP) is 7.00. The van der Waals surface area contributed by atoms with Gasteiger partial charge in [0.1, 0.15) is 12.4 Å². The number of likely N-dealkylation sites (N-methyl/N-ethyl adjacent to an activating group) is 1. The van der Waals surface area contributed by atoms with Gasteiger partial charge in [-0.25, -0.2) is 9.79 Å². The van der Waals surface area contributed by atoms with Crippen LogP contribution >= 0.6 is 23.4 Å². The molecule has 0 aliphatic carbocycles. The molecule has 5 rings (SSSR count). The summed E-state index contributed by atoms with van der Waals surface area (Å²) in [5.74, 6) is -0.625. The first-order valence-electron chi connectivity index (χ1n) is 11.4. The quantitative estimate of drug-likeness (QED) is 0.272. The van der Waals surface area contributed by atoms with Gasteiger partial charge < -0.3 is 9.84 Å². The third-order valence-electron chi connectivity index (χ3n) is 5.86. The Bertz CT molecular complexity index is 1580. The largest absolute Gasteiger partial charge is 0.487 e. The first-order chi connectivity index (χ1) is 17.9. The summed E-state index contributed by atoms with van der Waals surface area (Å²) in [4.78, 5) is 30.3. The molecular formula is C29H21ClN2O4S. The number of hydrogen-bond acceptors (Lipinski definition) is 5. The minimum absolute atomic E-state index is 0.175. The number of amidine groups is 1. The molecule has 0 saturated carbocycles. The molecule has 4 aromatic rings. The van der Waals surface area contributed by atoms with E-state index in [9.17, 15) is 9.59 Å². The second-order valence-electron chi connectivity index (χ2n) is 8.34. The molecule has 0 radical (unpaired) electrons. The third kappa shape index (κ3) is 5.38. The lowest BCUT2D eigenvalue weighted by molar-refractivity contribution is -0.121. The second kappa shape index (κ2) is 10.5. The van der Waals surface area contributed by atoms with Crippen molar-refractivity contribution in [2.24, 2.45) is 4.99 Å². The van der Waals surface area contributed by atoms with E-state index in [0.717, 1.165) is 21.9 Å². The van der Waals surface area contributed by atoms with Crippen LogP contribution in [0.5, 0.6) is 5.75 Å². The number of halogens is 1. The number of amides is 1. The van der Waals surface area contributed by atoms with Crippen molar-refractivity contribution >= 4 is 62.9 Å². The summed E-state index contributed by atoms with van der Waals surface area (Å²) in [6, 6.07) is 25.8. The van der Waals surface area contributed by atoms with Crippen LogP contribution in [0, 0.1) is 0 Å². The van der Waals surface area contributed by atoms with E-state index in [1.54, 1.807) is 37.4 Å². The van der Waals surface area contributed by atoms with Crippen LogP contribution in [0.2, 0.25) is 5.02 Å². The van der Waals surface area contributed by atoms with Crippen LogP contribution < -0.4 is 4.74 Å². The molecule has 0 unspecified atom stereocenters. The number of carbonyl (C=O) groups is 2. The zero-order valence-electron chi connectivity index (χ0n) is 19.7. The van der Waals surface area contributed by atoms with Crippen molar-refractivity contribution in [1.82, 2.24) is 4.90 Å². The summed E-state index contributed by atoms with van der Waals surface area (Å²) in [6.07, 6.45) is 1.76. The fourth-order valence-electron chi connectivity index (χ4n) is 3.89. The Morgan fingerprint density at radius 2 is 1.81 bits per heavy atom. The number of thioether (sulfide) groups is 1. The molecule has 1 amide bonds. The maximum absolute atomic E-state index is 12.8. The number of hydrogen-bond donors (Lipinski definition) is 1. The predicted molar refractivity (Wildman–Crippen MR) is 149 cm³/mol. The lowest BCUT2D eigenvalue weighted by Crippen LogP contribution is -2.23.